The van der Waals surface area contributed by atoms with Crippen molar-refractivity contribution >= 4 is 17.4 Å². The van der Waals surface area contributed by atoms with Crippen LogP contribution in [0.2, 0.25) is 0 Å². The number of hydrogen-bond acceptors (Lipinski definition) is 5. The minimum absolute atomic E-state index is 0.113. The second kappa shape index (κ2) is 9.54. The molecule has 0 saturated carbocycles. The van der Waals surface area contributed by atoms with E-state index in [2.05, 4.69) is 10.4 Å². The molecule has 7 nitrogen and oxygen atoms in total. The van der Waals surface area contributed by atoms with Gasteiger partial charge in [0.2, 0.25) is 0 Å². The van der Waals surface area contributed by atoms with E-state index in [9.17, 15) is 22.8 Å². The predicted molar refractivity (Wildman–Crippen MR) is 110 cm³/mol. The number of aryl methyl sites for hydroxylation is 2. The molecule has 168 valence electrons. The molecule has 0 atom stereocenters. The molecular formula is C22H20F3N3O4. The molecule has 0 aliphatic rings. The molecule has 3 aromatic rings. The largest absolute Gasteiger partial charge is 0.493 e. The molecule has 1 heterocycles. The topological polar surface area (TPSA) is 82.5 Å². The first-order chi connectivity index (χ1) is 15.2. The number of carbonyl (C=O) groups is 2. The Morgan fingerprint density at radius 3 is 2.28 bits per heavy atom. The van der Waals surface area contributed by atoms with Crippen molar-refractivity contribution in [2.24, 2.45) is 0 Å². The summed E-state index contributed by atoms with van der Waals surface area (Å²) in [4.78, 5) is 23.6. The quantitative estimate of drug-likeness (QED) is 0.525. The number of halogens is 3. The summed E-state index contributed by atoms with van der Waals surface area (Å²) in [6, 6.07) is 9.87. The standard InChI is InChI=1S/C22H20F3N3O4/c1-31-18-8-3-14(11-19(18)32-2)9-10-28-13-17(12-26-28)27-21(30)16-6-4-15(5-7-16)20(29)22(23,24)25/h3-8,11-13H,9-10H2,1-2H3,(H,27,30). The third-order valence-electron chi connectivity index (χ3n) is 4.64. The van der Waals surface area contributed by atoms with E-state index in [4.69, 9.17) is 9.47 Å². The van der Waals surface area contributed by atoms with Gasteiger partial charge in [-0.25, -0.2) is 0 Å². The van der Waals surface area contributed by atoms with Gasteiger partial charge in [-0.1, -0.05) is 18.2 Å². The number of Topliss-reactive ketones (excluding diaryl/α,β-unsaturated/α-hetero) is 1. The van der Waals surface area contributed by atoms with Gasteiger partial charge in [-0.15, -0.1) is 0 Å². The molecule has 0 fully saturated rings. The van der Waals surface area contributed by atoms with Crippen LogP contribution in [0.5, 0.6) is 11.5 Å². The number of ether oxygens (including phenoxy) is 2. The van der Waals surface area contributed by atoms with Gasteiger partial charge in [0.05, 0.1) is 26.1 Å². The van der Waals surface area contributed by atoms with Crippen molar-refractivity contribution in [1.82, 2.24) is 9.78 Å². The Hall–Kier alpha value is -3.82. The number of rotatable bonds is 8. The van der Waals surface area contributed by atoms with Crippen LogP contribution in [0.3, 0.4) is 0 Å². The van der Waals surface area contributed by atoms with Gasteiger partial charge in [0.1, 0.15) is 0 Å². The minimum atomic E-state index is -4.96. The van der Waals surface area contributed by atoms with E-state index in [0.717, 1.165) is 29.8 Å². The van der Waals surface area contributed by atoms with Crippen LogP contribution in [-0.2, 0) is 13.0 Å². The number of amides is 1. The molecule has 2 aromatic carbocycles. The summed E-state index contributed by atoms with van der Waals surface area (Å²) in [7, 11) is 3.12. The fourth-order valence-electron chi connectivity index (χ4n) is 2.97. The minimum Gasteiger partial charge on any atom is -0.493 e. The zero-order valence-electron chi connectivity index (χ0n) is 17.3. The van der Waals surface area contributed by atoms with E-state index in [1.165, 1.54) is 6.20 Å². The van der Waals surface area contributed by atoms with Crippen LogP contribution in [-0.4, -0.2) is 41.9 Å². The maximum atomic E-state index is 12.5. The summed E-state index contributed by atoms with van der Waals surface area (Å²) in [5.74, 6) is -1.23. The number of nitrogens with zero attached hydrogens (tertiary/aromatic N) is 2. The summed E-state index contributed by atoms with van der Waals surface area (Å²) in [5.41, 5.74) is 1.02. The van der Waals surface area contributed by atoms with Crippen LogP contribution in [0.4, 0.5) is 18.9 Å². The number of carbonyl (C=O) groups excluding carboxylic acids is 2. The van der Waals surface area contributed by atoms with E-state index in [1.54, 1.807) is 25.1 Å². The van der Waals surface area contributed by atoms with Crippen LogP contribution in [0.25, 0.3) is 0 Å². The van der Waals surface area contributed by atoms with E-state index in [-0.39, 0.29) is 5.56 Å². The van der Waals surface area contributed by atoms with Crippen molar-refractivity contribution in [3.05, 3.63) is 71.5 Å². The van der Waals surface area contributed by atoms with Gasteiger partial charge >= 0.3 is 6.18 Å². The number of alkyl halides is 3. The zero-order chi connectivity index (χ0) is 23.3. The normalized spacial score (nSPS) is 11.2. The van der Waals surface area contributed by atoms with E-state index in [0.29, 0.717) is 30.2 Å². The number of hydrogen-bond donors (Lipinski definition) is 1. The first kappa shape index (κ1) is 22.9. The van der Waals surface area contributed by atoms with Crippen molar-refractivity contribution in [2.75, 3.05) is 19.5 Å². The molecule has 0 spiro atoms. The van der Waals surface area contributed by atoms with Crippen molar-refractivity contribution < 1.29 is 32.2 Å². The molecule has 3 rings (SSSR count). The molecule has 0 saturated heterocycles. The Balaban J connectivity index is 1.59. The molecule has 0 radical (unpaired) electrons. The average Bonchev–Trinajstić information content (AvgIpc) is 3.23. The summed E-state index contributed by atoms with van der Waals surface area (Å²) >= 11 is 0. The highest BCUT2D eigenvalue weighted by Crippen LogP contribution is 2.28. The van der Waals surface area contributed by atoms with Crippen LogP contribution >= 0.6 is 0 Å². The Labute approximate surface area is 181 Å². The molecule has 1 aromatic heterocycles. The van der Waals surface area contributed by atoms with Gasteiger partial charge in [0.25, 0.3) is 11.7 Å². The van der Waals surface area contributed by atoms with E-state index in [1.807, 2.05) is 18.2 Å². The van der Waals surface area contributed by atoms with Crippen molar-refractivity contribution in [3.63, 3.8) is 0 Å². The van der Waals surface area contributed by atoms with Crippen LogP contribution in [0.15, 0.2) is 54.9 Å². The maximum Gasteiger partial charge on any atom is 0.454 e. The number of aromatic nitrogens is 2. The second-order valence-corrected chi connectivity index (χ2v) is 6.79. The molecule has 1 N–H and O–H groups in total. The van der Waals surface area contributed by atoms with Crippen LogP contribution in [0, 0.1) is 0 Å². The average molecular weight is 447 g/mol. The van der Waals surface area contributed by atoms with Crippen molar-refractivity contribution in [3.8, 4) is 11.5 Å². The fraction of sp³-hybridized carbons (Fsp3) is 0.227. The smallest absolute Gasteiger partial charge is 0.454 e. The van der Waals surface area contributed by atoms with Gasteiger partial charge in [0.15, 0.2) is 11.5 Å². The summed E-state index contributed by atoms with van der Waals surface area (Å²) in [6.07, 6.45) is -1.20. The number of nitrogens with one attached hydrogen (secondary N) is 1. The lowest BCUT2D eigenvalue weighted by Gasteiger charge is -2.09. The van der Waals surface area contributed by atoms with Gasteiger partial charge in [0, 0.05) is 23.9 Å². The lowest BCUT2D eigenvalue weighted by molar-refractivity contribution is -0.0885. The number of benzene rings is 2. The van der Waals surface area contributed by atoms with Crippen molar-refractivity contribution in [2.45, 2.75) is 19.1 Å². The molecule has 0 aliphatic carbocycles. The summed E-state index contributed by atoms with van der Waals surface area (Å²) < 4.78 is 49.6. The van der Waals surface area contributed by atoms with Crippen LogP contribution < -0.4 is 14.8 Å². The number of anilines is 1. The van der Waals surface area contributed by atoms with Gasteiger partial charge in [-0.05, 0) is 36.2 Å². The third-order valence-corrected chi connectivity index (χ3v) is 4.64. The fourth-order valence-corrected chi connectivity index (χ4v) is 2.97. The highest BCUT2D eigenvalue weighted by molar-refractivity contribution is 6.05. The zero-order valence-corrected chi connectivity index (χ0v) is 17.3. The Morgan fingerprint density at radius 1 is 1.00 bits per heavy atom. The first-order valence-corrected chi connectivity index (χ1v) is 9.47. The Morgan fingerprint density at radius 2 is 1.66 bits per heavy atom. The van der Waals surface area contributed by atoms with Gasteiger partial charge in [-0.2, -0.15) is 18.3 Å². The van der Waals surface area contributed by atoms with E-state index >= 15 is 0 Å². The molecule has 1 amide bonds. The second-order valence-electron chi connectivity index (χ2n) is 6.79. The van der Waals surface area contributed by atoms with Gasteiger partial charge < -0.3 is 14.8 Å². The molecule has 0 aliphatic heterocycles. The lowest BCUT2D eigenvalue weighted by Crippen LogP contribution is -2.22. The highest BCUT2D eigenvalue weighted by atomic mass is 19.4. The molecule has 32 heavy (non-hydrogen) atoms. The summed E-state index contributed by atoms with van der Waals surface area (Å²) in [5, 5.41) is 6.82. The monoisotopic (exact) mass is 447 g/mol. The van der Waals surface area contributed by atoms with Crippen molar-refractivity contribution in [1.29, 1.82) is 0 Å². The SMILES string of the molecule is COc1ccc(CCn2cc(NC(=O)c3ccc(C(=O)C(F)(F)F)cc3)cn2)cc1OC. The number of methoxy groups -OCH3 is 2. The van der Waals surface area contributed by atoms with Gasteiger partial charge in [-0.3, -0.25) is 14.3 Å². The highest BCUT2D eigenvalue weighted by Gasteiger charge is 2.39. The molecule has 10 heteroatoms. The lowest BCUT2D eigenvalue weighted by atomic mass is 10.1. The maximum absolute atomic E-state index is 12.5. The first-order valence-electron chi connectivity index (χ1n) is 9.47. The predicted octanol–water partition coefficient (Wildman–Crippen LogP) is 4.14. The third kappa shape index (κ3) is 5.45. The number of ketones is 1. The Kier molecular flexibility index (Phi) is 6.82. The Bertz CT molecular complexity index is 1110. The molecule has 0 bridgehead atoms. The van der Waals surface area contributed by atoms with E-state index < -0.39 is 23.4 Å². The molecular weight excluding hydrogens is 427 g/mol. The molecule has 0 unspecified atom stereocenters. The van der Waals surface area contributed by atoms with Crippen LogP contribution in [0.1, 0.15) is 26.3 Å². The summed E-state index contributed by atoms with van der Waals surface area (Å²) in [6.45, 7) is 0.541.